The fourth-order valence-corrected chi connectivity index (χ4v) is 4.43. The molecule has 0 aromatic heterocycles. The van der Waals surface area contributed by atoms with E-state index < -0.39 is 0 Å². The van der Waals surface area contributed by atoms with E-state index in [9.17, 15) is 4.79 Å². The largest absolute Gasteiger partial charge is 0.497 e. The molecule has 0 radical (unpaired) electrons. The van der Waals surface area contributed by atoms with Gasteiger partial charge in [-0.2, -0.15) is 0 Å². The van der Waals surface area contributed by atoms with Crippen LogP contribution in [0.25, 0.3) is 11.6 Å². The van der Waals surface area contributed by atoms with Crippen LogP contribution in [0.4, 0.5) is 0 Å². The van der Waals surface area contributed by atoms with Crippen LogP contribution in [0, 0.1) is 11.8 Å². The molecular weight excluding hydrogens is 322 g/mol. The second-order valence-corrected chi connectivity index (χ2v) is 7.45. The van der Waals surface area contributed by atoms with Crippen LogP contribution in [-0.4, -0.2) is 19.1 Å². The number of ether oxygens (including phenoxy) is 1. The molecule has 2 aromatic carbocycles. The van der Waals surface area contributed by atoms with Crippen molar-refractivity contribution in [1.82, 2.24) is 5.32 Å². The quantitative estimate of drug-likeness (QED) is 0.637. The summed E-state index contributed by atoms with van der Waals surface area (Å²) in [6, 6.07) is 18.0. The standard InChI is InChI=1S/C23H25NO2/c1-26-20-11-8-16(9-12-20)14-21(18-5-3-2-4-6-18)23(25)24-22-15-17-7-10-19(22)13-17/h2-6,8-9,11-12,14,17,19,22H,7,10,13,15H2,1H3,(H,24,25)/b21-14+. The lowest BCUT2D eigenvalue weighted by molar-refractivity contribution is -0.116. The molecule has 3 heteroatoms. The molecule has 0 aliphatic heterocycles. The highest BCUT2D eigenvalue weighted by Crippen LogP contribution is 2.44. The van der Waals surface area contributed by atoms with Gasteiger partial charge in [-0.15, -0.1) is 0 Å². The summed E-state index contributed by atoms with van der Waals surface area (Å²) in [6.45, 7) is 0. The fourth-order valence-electron chi connectivity index (χ4n) is 4.43. The maximum absolute atomic E-state index is 13.1. The van der Waals surface area contributed by atoms with Gasteiger partial charge in [0.25, 0.3) is 5.91 Å². The maximum Gasteiger partial charge on any atom is 0.252 e. The van der Waals surface area contributed by atoms with Crippen molar-refractivity contribution in [3.05, 3.63) is 65.7 Å². The zero-order valence-electron chi connectivity index (χ0n) is 15.2. The van der Waals surface area contributed by atoms with Crippen LogP contribution in [0.3, 0.4) is 0 Å². The average Bonchev–Trinajstić information content (AvgIpc) is 3.30. The van der Waals surface area contributed by atoms with Crippen molar-refractivity contribution >= 4 is 17.6 Å². The molecule has 2 bridgehead atoms. The molecule has 0 spiro atoms. The van der Waals surface area contributed by atoms with Gasteiger partial charge in [-0.1, -0.05) is 48.9 Å². The Bertz CT molecular complexity index is 795. The van der Waals surface area contributed by atoms with Gasteiger partial charge >= 0.3 is 0 Å². The molecule has 0 heterocycles. The minimum Gasteiger partial charge on any atom is -0.497 e. The van der Waals surface area contributed by atoms with E-state index in [4.69, 9.17) is 4.74 Å². The fraction of sp³-hybridized carbons (Fsp3) is 0.348. The van der Waals surface area contributed by atoms with Crippen molar-refractivity contribution in [2.75, 3.05) is 7.11 Å². The summed E-state index contributed by atoms with van der Waals surface area (Å²) in [4.78, 5) is 13.1. The van der Waals surface area contributed by atoms with Crippen LogP contribution >= 0.6 is 0 Å². The van der Waals surface area contributed by atoms with Crippen molar-refractivity contribution < 1.29 is 9.53 Å². The van der Waals surface area contributed by atoms with Gasteiger partial charge in [-0.3, -0.25) is 4.79 Å². The summed E-state index contributed by atoms with van der Waals surface area (Å²) >= 11 is 0. The molecule has 26 heavy (non-hydrogen) atoms. The third-order valence-electron chi connectivity index (χ3n) is 5.81. The minimum atomic E-state index is 0.0320. The Morgan fingerprint density at radius 2 is 1.81 bits per heavy atom. The summed E-state index contributed by atoms with van der Waals surface area (Å²) in [6.07, 6.45) is 6.99. The van der Waals surface area contributed by atoms with E-state index in [0.29, 0.717) is 12.0 Å². The highest BCUT2D eigenvalue weighted by molar-refractivity contribution is 6.24. The van der Waals surface area contributed by atoms with E-state index >= 15 is 0 Å². The number of carbonyl (C=O) groups is 1. The molecule has 3 unspecified atom stereocenters. The number of hydrogen-bond acceptors (Lipinski definition) is 2. The molecule has 2 saturated carbocycles. The van der Waals surface area contributed by atoms with Crippen LogP contribution in [0.15, 0.2) is 54.6 Å². The SMILES string of the molecule is COc1ccc(/C=C(/C(=O)NC2CC3CCC2C3)c2ccccc2)cc1. The first-order valence-electron chi connectivity index (χ1n) is 9.45. The molecule has 134 valence electrons. The number of hydrogen-bond donors (Lipinski definition) is 1. The second kappa shape index (κ2) is 7.36. The van der Waals surface area contributed by atoms with E-state index in [2.05, 4.69) is 5.32 Å². The molecule has 2 aliphatic rings. The molecule has 0 saturated heterocycles. The van der Waals surface area contributed by atoms with Gasteiger partial charge < -0.3 is 10.1 Å². The normalized spacial score (nSPS) is 24.5. The van der Waals surface area contributed by atoms with Crippen molar-refractivity contribution in [3.63, 3.8) is 0 Å². The topological polar surface area (TPSA) is 38.3 Å². The Labute approximate surface area is 155 Å². The van der Waals surface area contributed by atoms with Gasteiger partial charge in [0.15, 0.2) is 0 Å². The van der Waals surface area contributed by atoms with E-state index in [1.54, 1.807) is 7.11 Å². The van der Waals surface area contributed by atoms with Crippen molar-refractivity contribution in [2.45, 2.75) is 31.7 Å². The van der Waals surface area contributed by atoms with Gasteiger partial charge in [-0.05, 0) is 60.4 Å². The third-order valence-corrected chi connectivity index (χ3v) is 5.81. The molecule has 1 amide bonds. The first kappa shape index (κ1) is 16.9. The molecular formula is C23H25NO2. The number of methoxy groups -OCH3 is 1. The van der Waals surface area contributed by atoms with E-state index in [1.807, 2.05) is 60.7 Å². The van der Waals surface area contributed by atoms with Crippen LogP contribution in [0.5, 0.6) is 5.75 Å². The zero-order chi connectivity index (χ0) is 17.9. The smallest absolute Gasteiger partial charge is 0.252 e. The van der Waals surface area contributed by atoms with Crippen LogP contribution < -0.4 is 10.1 Å². The summed E-state index contributed by atoms with van der Waals surface area (Å²) in [5.74, 6) is 2.33. The Morgan fingerprint density at radius 1 is 1.04 bits per heavy atom. The second-order valence-electron chi connectivity index (χ2n) is 7.45. The van der Waals surface area contributed by atoms with Crippen molar-refractivity contribution in [2.24, 2.45) is 11.8 Å². The zero-order valence-corrected chi connectivity index (χ0v) is 15.2. The molecule has 4 rings (SSSR count). The van der Waals surface area contributed by atoms with E-state index in [-0.39, 0.29) is 5.91 Å². The third kappa shape index (κ3) is 3.52. The van der Waals surface area contributed by atoms with Gasteiger partial charge in [0.2, 0.25) is 0 Å². The summed E-state index contributed by atoms with van der Waals surface area (Å²) in [7, 11) is 1.66. The molecule has 3 atom stereocenters. The highest BCUT2D eigenvalue weighted by atomic mass is 16.5. The lowest BCUT2D eigenvalue weighted by Crippen LogP contribution is -2.38. The molecule has 1 N–H and O–H groups in total. The Hall–Kier alpha value is -2.55. The van der Waals surface area contributed by atoms with Gasteiger partial charge in [-0.25, -0.2) is 0 Å². The number of amides is 1. The highest BCUT2D eigenvalue weighted by Gasteiger charge is 2.40. The van der Waals surface area contributed by atoms with Gasteiger partial charge in [0.05, 0.1) is 7.11 Å². The predicted molar refractivity (Wildman–Crippen MR) is 105 cm³/mol. The van der Waals surface area contributed by atoms with E-state index in [1.165, 1.54) is 19.3 Å². The summed E-state index contributed by atoms with van der Waals surface area (Å²) in [5.41, 5.74) is 2.66. The van der Waals surface area contributed by atoms with Gasteiger partial charge in [0, 0.05) is 11.6 Å². The van der Waals surface area contributed by atoms with Crippen molar-refractivity contribution in [3.8, 4) is 5.75 Å². The lowest BCUT2D eigenvalue weighted by atomic mass is 9.94. The predicted octanol–water partition coefficient (Wildman–Crippen LogP) is 4.54. The number of fused-ring (bicyclic) bond motifs is 2. The Balaban J connectivity index is 1.60. The van der Waals surface area contributed by atoms with E-state index in [0.717, 1.165) is 34.8 Å². The summed E-state index contributed by atoms with van der Waals surface area (Å²) in [5, 5.41) is 3.32. The average molecular weight is 347 g/mol. The number of rotatable bonds is 5. The number of nitrogens with one attached hydrogen (secondary N) is 1. The molecule has 2 aromatic rings. The number of carbonyl (C=O) groups excluding carboxylic acids is 1. The monoisotopic (exact) mass is 347 g/mol. The molecule has 2 aliphatic carbocycles. The minimum absolute atomic E-state index is 0.0320. The van der Waals surface area contributed by atoms with Crippen LogP contribution in [0.1, 0.15) is 36.8 Å². The molecule has 2 fully saturated rings. The number of benzene rings is 2. The van der Waals surface area contributed by atoms with Crippen molar-refractivity contribution in [1.29, 1.82) is 0 Å². The van der Waals surface area contributed by atoms with Crippen LogP contribution in [-0.2, 0) is 4.79 Å². The van der Waals surface area contributed by atoms with Crippen LogP contribution in [0.2, 0.25) is 0 Å². The maximum atomic E-state index is 13.1. The molecule has 3 nitrogen and oxygen atoms in total. The summed E-state index contributed by atoms with van der Waals surface area (Å²) < 4.78 is 5.22. The Morgan fingerprint density at radius 3 is 2.42 bits per heavy atom. The Kier molecular flexibility index (Phi) is 4.79. The first-order chi connectivity index (χ1) is 12.7. The lowest BCUT2D eigenvalue weighted by Gasteiger charge is -2.23. The van der Waals surface area contributed by atoms with Gasteiger partial charge in [0.1, 0.15) is 5.75 Å². The first-order valence-corrected chi connectivity index (χ1v) is 9.45.